The molecule has 0 bridgehead atoms. The highest BCUT2D eigenvalue weighted by Crippen LogP contribution is 2.19. The quantitative estimate of drug-likeness (QED) is 0.759. The molecule has 1 heterocycles. The van der Waals surface area contributed by atoms with Crippen LogP contribution in [0.15, 0.2) is 0 Å². The van der Waals surface area contributed by atoms with Gasteiger partial charge in [0.1, 0.15) is 5.92 Å². The number of nitrogens with zero attached hydrogens (tertiary/aromatic N) is 1. The van der Waals surface area contributed by atoms with Crippen LogP contribution in [0.25, 0.3) is 0 Å². The second-order valence-corrected chi connectivity index (χ2v) is 5.99. The predicted octanol–water partition coefficient (Wildman–Crippen LogP) is 0.869. The second-order valence-electron chi connectivity index (χ2n) is 4.67. The highest BCUT2D eigenvalue weighted by atomic mass is 32.2. The maximum absolute atomic E-state index is 12.0. The van der Waals surface area contributed by atoms with Gasteiger partial charge in [0.2, 0.25) is 0 Å². The molecule has 0 aliphatic carbocycles. The van der Waals surface area contributed by atoms with Crippen molar-refractivity contribution in [3.8, 4) is 0 Å². The molecule has 19 heavy (non-hydrogen) atoms. The van der Waals surface area contributed by atoms with Gasteiger partial charge in [0.05, 0.1) is 19.3 Å². The van der Waals surface area contributed by atoms with Gasteiger partial charge in [-0.2, -0.15) is 11.8 Å². The summed E-state index contributed by atoms with van der Waals surface area (Å²) in [7, 11) is 1.62. The first-order valence-electron chi connectivity index (χ1n) is 6.39. The standard InChI is InChI=1S/C12H22N2O4S/c1-4-19-7-8(2)13-12(17)14(3)10-6-18-5-9(10)11(15)16/h8-10H,4-7H2,1-3H3,(H,13,17)(H,15,16). The Morgan fingerprint density at radius 3 is 2.79 bits per heavy atom. The Kier molecular flexibility index (Phi) is 6.44. The van der Waals surface area contributed by atoms with Crippen molar-refractivity contribution in [1.29, 1.82) is 0 Å². The third-order valence-electron chi connectivity index (χ3n) is 3.13. The van der Waals surface area contributed by atoms with Crippen molar-refractivity contribution in [2.24, 2.45) is 5.92 Å². The van der Waals surface area contributed by atoms with Crippen LogP contribution < -0.4 is 5.32 Å². The highest BCUT2D eigenvalue weighted by molar-refractivity contribution is 7.99. The molecule has 0 spiro atoms. The van der Waals surface area contributed by atoms with Crippen molar-refractivity contribution >= 4 is 23.8 Å². The Hall–Kier alpha value is -0.950. The molecule has 1 rings (SSSR count). The maximum atomic E-state index is 12.0. The number of urea groups is 1. The fraction of sp³-hybridized carbons (Fsp3) is 0.833. The Morgan fingerprint density at radius 2 is 2.21 bits per heavy atom. The Labute approximate surface area is 117 Å². The zero-order valence-corrected chi connectivity index (χ0v) is 12.4. The number of likely N-dealkylation sites (N-methyl/N-ethyl adjacent to an activating group) is 1. The van der Waals surface area contributed by atoms with Crippen LogP contribution >= 0.6 is 11.8 Å². The third-order valence-corrected chi connectivity index (χ3v) is 4.27. The van der Waals surface area contributed by atoms with Gasteiger partial charge in [-0.3, -0.25) is 4.79 Å². The third kappa shape index (κ3) is 4.58. The molecule has 1 aliphatic heterocycles. The van der Waals surface area contributed by atoms with Crippen LogP contribution in [-0.4, -0.2) is 65.9 Å². The number of rotatable bonds is 6. The molecule has 3 unspecified atom stereocenters. The Bertz CT molecular complexity index is 327. The number of carbonyl (C=O) groups excluding carboxylic acids is 1. The average molecular weight is 290 g/mol. The summed E-state index contributed by atoms with van der Waals surface area (Å²) in [5, 5.41) is 11.9. The lowest BCUT2D eigenvalue weighted by Crippen LogP contribution is -2.50. The smallest absolute Gasteiger partial charge is 0.317 e. The monoisotopic (exact) mass is 290 g/mol. The molecule has 7 heteroatoms. The van der Waals surface area contributed by atoms with E-state index >= 15 is 0 Å². The van der Waals surface area contributed by atoms with Gasteiger partial charge in [0, 0.05) is 18.8 Å². The number of carbonyl (C=O) groups is 2. The molecular weight excluding hydrogens is 268 g/mol. The van der Waals surface area contributed by atoms with Gasteiger partial charge < -0.3 is 20.1 Å². The number of ether oxygens (including phenoxy) is 1. The lowest BCUT2D eigenvalue weighted by molar-refractivity contribution is -0.142. The lowest BCUT2D eigenvalue weighted by Gasteiger charge is -2.28. The first kappa shape index (κ1) is 16.1. The summed E-state index contributed by atoms with van der Waals surface area (Å²) in [5.41, 5.74) is 0. The lowest BCUT2D eigenvalue weighted by atomic mass is 10.0. The van der Waals surface area contributed by atoms with E-state index in [1.165, 1.54) is 4.90 Å². The number of amides is 2. The predicted molar refractivity (Wildman–Crippen MR) is 74.5 cm³/mol. The number of nitrogens with one attached hydrogen (secondary N) is 1. The van der Waals surface area contributed by atoms with Crippen LogP contribution in [-0.2, 0) is 9.53 Å². The largest absolute Gasteiger partial charge is 0.481 e. The fourth-order valence-corrected chi connectivity index (χ4v) is 2.63. The number of carboxylic acids is 1. The summed E-state index contributed by atoms with van der Waals surface area (Å²) >= 11 is 1.76. The Balaban J connectivity index is 2.49. The van der Waals surface area contributed by atoms with Crippen LogP contribution in [0, 0.1) is 5.92 Å². The molecule has 2 amide bonds. The fourth-order valence-electron chi connectivity index (χ4n) is 1.96. The molecule has 2 N–H and O–H groups in total. The van der Waals surface area contributed by atoms with Crippen molar-refractivity contribution in [2.45, 2.75) is 25.9 Å². The first-order valence-corrected chi connectivity index (χ1v) is 7.54. The van der Waals surface area contributed by atoms with Crippen LogP contribution in [0.4, 0.5) is 4.79 Å². The normalized spacial score (nSPS) is 23.9. The summed E-state index contributed by atoms with van der Waals surface area (Å²) in [6.07, 6.45) is 0. The Morgan fingerprint density at radius 1 is 1.53 bits per heavy atom. The van der Waals surface area contributed by atoms with Crippen molar-refractivity contribution in [2.75, 3.05) is 31.8 Å². The van der Waals surface area contributed by atoms with E-state index in [9.17, 15) is 9.59 Å². The minimum atomic E-state index is -0.920. The summed E-state index contributed by atoms with van der Waals surface area (Å²) < 4.78 is 5.17. The summed E-state index contributed by atoms with van der Waals surface area (Å²) in [6.45, 7) is 4.45. The highest BCUT2D eigenvalue weighted by Gasteiger charge is 2.38. The molecule has 3 atom stereocenters. The average Bonchev–Trinajstić information content (AvgIpc) is 2.84. The molecule has 0 aromatic heterocycles. The van der Waals surface area contributed by atoms with Gasteiger partial charge >= 0.3 is 12.0 Å². The van der Waals surface area contributed by atoms with Gasteiger partial charge in [-0.05, 0) is 12.7 Å². The number of hydrogen-bond acceptors (Lipinski definition) is 4. The van der Waals surface area contributed by atoms with Crippen LogP contribution in [0.5, 0.6) is 0 Å². The van der Waals surface area contributed by atoms with Crippen molar-refractivity contribution in [1.82, 2.24) is 10.2 Å². The molecule has 0 aromatic rings. The van der Waals surface area contributed by atoms with E-state index in [-0.39, 0.29) is 25.3 Å². The molecule has 1 fully saturated rings. The molecule has 110 valence electrons. The molecule has 0 aromatic carbocycles. The number of aliphatic carboxylic acids is 1. The number of hydrogen-bond donors (Lipinski definition) is 2. The molecule has 6 nitrogen and oxygen atoms in total. The van der Waals surface area contributed by atoms with Gasteiger partial charge in [-0.1, -0.05) is 6.92 Å². The van der Waals surface area contributed by atoms with Gasteiger partial charge in [0.15, 0.2) is 0 Å². The zero-order valence-electron chi connectivity index (χ0n) is 11.6. The van der Waals surface area contributed by atoms with E-state index in [4.69, 9.17) is 9.84 Å². The van der Waals surface area contributed by atoms with Crippen LogP contribution in [0.2, 0.25) is 0 Å². The van der Waals surface area contributed by atoms with Crippen LogP contribution in [0.3, 0.4) is 0 Å². The topological polar surface area (TPSA) is 78.9 Å². The summed E-state index contributed by atoms with van der Waals surface area (Å²) in [5.74, 6) is 0.292. The van der Waals surface area contributed by atoms with E-state index in [2.05, 4.69) is 12.2 Å². The number of carboxylic acid groups (broad SMARTS) is 1. The van der Waals surface area contributed by atoms with E-state index < -0.39 is 17.9 Å². The molecule has 0 saturated carbocycles. The molecule has 1 saturated heterocycles. The van der Waals surface area contributed by atoms with Gasteiger partial charge in [0.25, 0.3) is 0 Å². The van der Waals surface area contributed by atoms with E-state index in [0.717, 1.165) is 11.5 Å². The van der Waals surface area contributed by atoms with Crippen LogP contribution in [0.1, 0.15) is 13.8 Å². The summed E-state index contributed by atoms with van der Waals surface area (Å²) in [6, 6.07) is -0.583. The van der Waals surface area contributed by atoms with Crippen molar-refractivity contribution in [3.05, 3.63) is 0 Å². The maximum Gasteiger partial charge on any atom is 0.317 e. The molecular formula is C12H22N2O4S. The minimum Gasteiger partial charge on any atom is -0.481 e. The van der Waals surface area contributed by atoms with Crippen molar-refractivity contribution in [3.63, 3.8) is 0 Å². The SMILES string of the molecule is CCSCC(C)NC(=O)N(C)C1COCC1C(=O)O. The molecule has 1 aliphatic rings. The first-order chi connectivity index (χ1) is 8.97. The van der Waals surface area contributed by atoms with Gasteiger partial charge in [-0.25, -0.2) is 4.79 Å². The second kappa shape index (κ2) is 7.59. The van der Waals surface area contributed by atoms with E-state index in [1.807, 2.05) is 6.92 Å². The zero-order chi connectivity index (χ0) is 14.4. The number of thioether (sulfide) groups is 1. The summed E-state index contributed by atoms with van der Waals surface area (Å²) in [4.78, 5) is 24.5. The van der Waals surface area contributed by atoms with Crippen molar-refractivity contribution < 1.29 is 19.4 Å². The minimum absolute atomic E-state index is 0.0606. The molecule has 0 radical (unpaired) electrons. The van der Waals surface area contributed by atoms with Gasteiger partial charge in [-0.15, -0.1) is 0 Å². The van der Waals surface area contributed by atoms with E-state index in [0.29, 0.717) is 0 Å². The van der Waals surface area contributed by atoms with E-state index in [1.54, 1.807) is 18.8 Å².